The average molecular weight is 437 g/mol. The van der Waals surface area contributed by atoms with Gasteiger partial charge in [0.05, 0.1) is 23.1 Å². The van der Waals surface area contributed by atoms with Crippen molar-refractivity contribution in [2.75, 3.05) is 7.11 Å². The smallest absolute Gasteiger partial charge is 0.337 e. The van der Waals surface area contributed by atoms with Gasteiger partial charge in [-0.15, -0.1) is 11.3 Å². The van der Waals surface area contributed by atoms with E-state index in [-0.39, 0.29) is 5.56 Å². The van der Waals surface area contributed by atoms with Crippen LogP contribution in [-0.4, -0.2) is 23.0 Å². The topological polar surface area (TPSA) is 72.0 Å². The molecule has 1 N–H and O–H groups in total. The van der Waals surface area contributed by atoms with Crippen LogP contribution in [-0.2, 0) is 4.74 Å². The van der Waals surface area contributed by atoms with Crippen molar-refractivity contribution in [1.82, 2.24) is 9.97 Å². The fourth-order valence-electron chi connectivity index (χ4n) is 3.23. The molecule has 2 aromatic heterocycles. The van der Waals surface area contributed by atoms with Crippen LogP contribution in [0.2, 0.25) is 0 Å². The van der Waals surface area contributed by atoms with Gasteiger partial charge in [0.15, 0.2) is 5.82 Å². The zero-order valence-electron chi connectivity index (χ0n) is 16.2. The maximum Gasteiger partial charge on any atom is 0.337 e. The predicted octanol–water partition coefficient (Wildman–Crippen LogP) is 5.48. The Balaban J connectivity index is 1.74. The van der Waals surface area contributed by atoms with Crippen molar-refractivity contribution in [3.05, 3.63) is 86.8 Å². The maximum atomic E-state index is 12.9. The first-order valence-electron chi connectivity index (χ1n) is 9.12. The van der Waals surface area contributed by atoms with E-state index in [1.165, 1.54) is 18.4 Å². The average Bonchev–Trinajstić information content (AvgIpc) is 3.10. The third-order valence-electron chi connectivity index (χ3n) is 4.65. The number of thiophene rings is 1. The summed E-state index contributed by atoms with van der Waals surface area (Å²) in [5, 5.41) is 0.867. The highest BCUT2D eigenvalue weighted by molar-refractivity contribution is 7.19. The highest BCUT2D eigenvalue weighted by atomic mass is 35.5. The SMILES string of the molecule is COC(=O)c1ccc(/C=C(/Cl)c2nc3sc(C)c(-c4ccccc4)c3c(=O)[nH]2)cc1. The molecule has 4 aromatic rings. The molecule has 0 aliphatic heterocycles. The Morgan fingerprint density at radius 2 is 1.83 bits per heavy atom. The van der Waals surface area contributed by atoms with E-state index in [0.717, 1.165) is 21.6 Å². The van der Waals surface area contributed by atoms with Crippen molar-refractivity contribution in [3.63, 3.8) is 0 Å². The molecule has 2 heterocycles. The lowest BCUT2D eigenvalue weighted by atomic mass is 10.0. The summed E-state index contributed by atoms with van der Waals surface area (Å²) >= 11 is 7.91. The number of rotatable bonds is 4. The Kier molecular flexibility index (Phi) is 5.53. The molecule has 5 nitrogen and oxygen atoms in total. The monoisotopic (exact) mass is 436 g/mol. The molecular formula is C23H17ClN2O3S. The quantitative estimate of drug-likeness (QED) is 0.430. The molecule has 0 spiro atoms. The largest absolute Gasteiger partial charge is 0.465 e. The predicted molar refractivity (Wildman–Crippen MR) is 122 cm³/mol. The summed E-state index contributed by atoms with van der Waals surface area (Å²) in [5.74, 6) is -0.109. The minimum absolute atomic E-state index is 0.231. The molecule has 150 valence electrons. The van der Waals surface area contributed by atoms with E-state index >= 15 is 0 Å². The second-order valence-corrected chi connectivity index (χ2v) is 8.21. The summed E-state index contributed by atoms with van der Waals surface area (Å²) in [6.45, 7) is 1.98. The van der Waals surface area contributed by atoms with E-state index in [1.807, 2.05) is 37.3 Å². The van der Waals surface area contributed by atoms with Crippen LogP contribution < -0.4 is 5.56 Å². The van der Waals surface area contributed by atoms with E-state index in [9.17, 15) is 9.59 Å². The number of carbonyl (C=O) groups is 1. The van der Waals surface area contributed by atoms with Gasteiger partial charge in [0.25, 0.3) is 5.56 Å². The van der Waals surface area contributed by atoms with Gasteiger partial charge in [-0.25, -0.2) is 9.78 Å². The molecule has 4 rings (SSSR count). The molecule has 2 aromatic carbocycles. The highest BCUT2D eigenvalue weighted by Gasteiger charge is 2.17. The number of hydrogen-bond acceptors (Lipinski definition) is 5. The highest BCUT2D eigenvalue weighted by Crippen LogP contribution is 2.36. The number of halogens is 1. The Bertz CT molecular complexity index is 1320. The van der Waals surface area contributed by atoms with Crippen LogP contribution >= 0.6 is 22.9 Å². The number of aryl methyl sites for hydroxylation is 1. The first kappa shape index (κ1) is 20.1. The second-order valence-electron chi connectivity index (χ2n) is 6.60. The third-order valence-corrected chi connectivity index (χ3v) is 5.94. The lowest BCUT2D eigenvalue weighted by Crippen LogP contribution is -2.10. The van der Waals surface area contributed by atoms with Gasteiger partial charge in [-0.05, 0) is 36.3 Å². The zero-order valence-corrected chi connectivity index (χ0v) is 17.8. The number of nitrogens with zero attached hydrogens (tertiary/aromatic N) is 1. The van der Waals surface area contributed by atoms with Crippen LogP contribution in [0.3, 0.4) is 0 Å². The van der Waals surface area contributed by atoms with Crippen LogP contribution in [0.1, 0.15) is 26.6 Å². The number of fused-ring (bicyclic) bond motifs is 1. The first-order valence-corrected chi connectivity index (χ1v) is 10.3. The van der Waals surface area contributed by atoms with Crippen LogP contribution in [0.4, 0.5) is 0 Å². The summed E-state index contributed by atoms with van der Waals surface area (Å²) < 4.78 is 4.70. The number of hydrogen-bond donors (Lipinski definition) is 1. The van der Waals surface area contributed by atoms with Crippen molar-refractivity contribution < 1.29 is 9.53 Å². The van der Waals surface area contributed by atoms with E-state index in [2.05, 4.69) is 9.97 Å². The number of aromatic nitrogens is 2. The molecule has 0 saturated carbocycles. The number of aromatic amines is 1. The Morgan fingerprint density at radius 1 is 1.13 bits per heavy atom. The molecule has 0 radical (unpaired) electrons. The maximum absolute atomic E-state index is 12.9. The standard InChI is InChI=1S/C23H17ClN2O3S/c1-13-18(15-6-4-3-5-7-15)19-21(27)25-20(26-22(19)30-13)17(24)12-14-8-10-16(11-9-14)23(28)29-2/h3-12H,1-2H3,(H,25,26,27)/b17-12+. The van der Waals surface area contributed by atoms with Crippen LogP contribution in [0.5, 0.6) is 0 Å². The molecule has 0 atom stereocenters. The summed E-state index contributed by atoms with van der Waals surface area (Å²) in [5.41, 5.74) is 2.86. The summed E-state index contributed by atoms with van der Waals surface area (Å²) in [4.78, 5) is 33.5. The molecule has 30 heavy (non-hydrogen) atoms. The first-order chi connectivity index (χ1) is 14.5. The number of carbonyl (C=O) groups excluding carboxylic acids is 1. The van der Waals surface area contributed by atoms with Crippen molar-refractivity contribution in [1.29, 1.82) is 0 Å². The number of esters is 1. The van der Waals surface area contributed by atoms with Gasteiger partial charge in [-0.3, -0.25) is 4.79 Å². The molecular weight excluding hydrogens is 420 g/mol. The minimum atomic E-state index is -0.407. The van der Waals surface area contributed by atoms with E-state index in [4.69, 9.17) is 16.3 Å². The molecule has 0 amide bonds. The van der Waals surface area contributed by atoms with Gasteiger partial charge in [-0.2, -0.15) is 0 Å². The molecule has 0 aliphatic carbocycles. The van der Waals surface area contributed by atoms with Crippen molar-refractivity contribution in [3.8, 4) is 11.1 Å². The van der Waals surface area contributed by atoms with Gasteiger partial charge in [0.1, 0.15) is 4.83 Å². The Labute approximate surface area is 181 Å². The van der Waals surface area contributed by atoms with Gasteiger partial charge in [0, 0.05) is 10.4 Å². The van der Waals surface area contributed by atoms with Crippen LogP contribution in [0, 0.1) is 6.92 Å². The number of benzene rings is 2. The summed E-state index contributed by atoms with van der Waals surface area (Å²) in [7, 11) is 1.33. The minimum Gasteiger partial charge on any atom is -0.465 e. The molecule has 0 bridgehead atoms. The molecule has 0 fully saturated rings. The van der Waals surface area contributed by atoms with Gasteiger partial charge in [0.2, 0.25) is 0 Å². The Morgan fingerprint density at radius 3 is 2.50 bits per heavy atom. The normalized spacial score (nSPS) is 11.6. The molecule has 7 heteroatoms. The van der Waals surface area contributed by atoms with Gasteiger partial charge >= 0.3 is 5.97 Å². The molecule has 0 unspecified atom stereocenters. The van der Waals surface area contributed by atoms with Gasteiger partial charge < -0.3 is 9.72 Å². The lowest BCUT2D eigenvalue weighted by Gasteiger charge is -2.03. The van der Waals surface area contributed by atoms with E-state index < -0.39 is 5.97 Å². The molecule has 0 aliphatic rings. The molecule has 0 saturated heterocycles. The van der Waals surface area contributed by atoms with Crippen LogP contribution in [0.25, 0.3) is 32.5 Å². The van der Waals surface area contributed by atoms with Crippen molar-refractivity contribution in [2.24, 2.45) is 0 Å². The van der Waals surface area contributed by atoms with E-state index in [1.54, 1.807) is 30.3 Å². The fourth-order valence-corrected chi connectivity index (χ4v) is 4.49. The second kappa shape index (κ2) is 8.26. The van der Waals surface area contributed by atoms with Crippen molar-refractivity contribution >= 4 is 50.2 Å². The number of methoxy groups -OCH3 is 1. The third kappa shape index (κ3) is 3.79. The zero-order chi connectivity index (χ0) is 21.3. The fraction of sp³-hybridized carbons (Fsp3) is 0.0870. The number of ether oxygens (including phenoxy) is 1. The number of H-pyrrole nitrogens is 1. The van der Waals surface area contributed by atoms with Crippen LogP contribution in [0.15, 0.2) is 59.4 Å². The van der Waals surface area contributed by atoms with E-state index in [0.29, 0.717) is 26.6 Å². The number of nitrogens with one attached hydrogen (secondary N) is 1. The van der Waals surface area contributed by atoms with Gasteiger partial charge in [-0.1, -0.05) is 54.1 Å². The summed E-state index contributed by atoms with van der Waals surface area (Å²) in [6.07, 6.45) is 1.69. The Hall–Kier alpha value is -3.22. The summed E-state index contributed by atoms with van der Waals surface area (Å²) in [6, 6.07) is 16.6. The van der Waals surface area contributed by atoms with Crippen molar-refractivity contribution in [2.45, 2.75) is 6.92 Å². The lowest BCUT2D eigenvalue weighted by molar-refractivity contribution is 0.0600.